The number of fused-ring (bicyclic) bond motifs is 4. The minimum Gasteiger partial charge on any atom is -0.452 e. The number of ether oxygens (including phenoxy) is 1. The Labute approximate surface area is 181 Å². The molecule has 6 rings (SSSR count). The zero-order valence-electron chi connectivity index (χ0n) is 17.3. The molecule has 3 aromatic rings. The van der Waals surface area contributed by atoms with Gasteiger partial charge < -0.3 is 4.74 Å². The Morgan fingerprint density at radius 3 is 2.74 bits per heavy atom. The average Bonchev–Trinajstić information content (AvgIpc) is 2.82. The summed E-state index contributed by atoms with van der Waals surface area (Å²) < 4.78 is 19.5. The highest BCUT2D eigenvalue weighted by Gasteiger charge is 2.44. The van der Waals surface area contributed by atoms with Crippen LogP contribution in [0.25, 0.3) is 10.9 Å². The number of halogens is 1. The molecule has 5 heteroatoms. The average molecular weight is 416 g/mol. The smallest absolute Gasteiger partial charge is 0.338 e. The van der Waals surface area contributed by atoms with E-state index in [1.165, 1.54) is 24.3 Å². The third-order valence-electron chi connectivity index (χ3n) is 6.81. The van der Waals surface area contributed by atoms with Gasteiger partial charge in [0, 0.05) is 23.7 Å². The summed E-state index contributed by atoms with van der Waals surface area (Å²) in [5.74, 6) is 0.216. The monoisotopic (exact) mass is 416 g/mol. The maximum Gasteiger partial charge on any atom is 0.338 e. The van der Waals surface area contributed by atoms with E-state index in [2.05, 4.69) is 22.5 Å². The Morgan fingerprint density at radius 2 is 2.00 bits per heavy atom. The highest BCUT2D eigenvalue weighted by Crippen LogP contribution is 2.43. The van der Waals surface area contributed by atoms with Gasteiger partial charge in [0.05, 0.1) is 17.1 Å². The first-order chi connectivity index (χ1) is 15.1. The summed E-state index contributed by atoms with van der Waals surface area (Å²) in [6.07, 6.45) is 5.50. The van der Waals surface area contributed by atoms with Crippen LogP contribution in [0.2, 0.25) is 0 Å². The van der Waals surface area contributed by atoms with Crippen LogP contribution < -0.4 is 0 Å². The van der Waals surface area contributed by atoms with Gasteiger partial charge in [0.15, 0.2) is 0 Å². The first-order valence-corrected chi connectivity index (χ1v) is 10.8. The van der Waals surface area contributed by atoms with Crippen molar-refractivity contribution in [2.24, 2.45) is 11.8 Å². The number of carbonyl (C=O) groups excluding carboxylic acids is 1. The van der Waals surface area contributed by atoms with Crippen LogP contribution in [0.5, 0.6) is 0 Å². The lowest BCUT2D eigenvalue weighted by molar-refractivity contribution is -0.0568. The number of aromatic nitrogens is 1. The molecule has 31 heavy (non-hydrogen) atoms. The van der Waals surface area contributed by atoms with Crippen molar-refractivity contribution in [3.63, 3.8) is 0 Å². The Morgan fingerprint density at radius 1 is 1.19 bits per heavy atom. The van der Waals surface area contributed by atoms with E-state index in [0.717, 1.165) is 42.4 Å². The summed E-state index contributed by atoms with van der Waals surface area (Å²) >= 11 is 0. The van der Waals surface area contributed by atoms with Gasteiger partial charge in [0.2, 0.25) is 0 Å². The summed E-state index contributed by atoms with van der Waals surface area (Å²) in [5, 5.41) is 0.991. The lowest BCUT2D eigenvalue weighted by Gasteiger charge is -2.51. The molecule has 1 aromatic heterocycles. The molecule has 2 aromatic carbocycles. The van der Waals surface area contributed by atoms with Gasteiger partial charge in [0.25, 0.3) is 0 Å². The van der Waals surface area contributed by atoms with E-state index in [1.54, 1.807) is 6.20 Å². The van der Waals surface area contributed by atoms with Gasteiger partial charge in [-0.15, -0.1) is 6.58 Å². The van der Waals surface area contributed by atoms with E-state index in [4.69, 9.17) is 4.74 Å². The van der Waals surface area contributed by atoms with Gasteiger partial charge in [-0.25, -0.2) is 9.18 Å². The summed E-state index contributed by atoms with van der Waals surface area (Å²) in [5.41, 5.74) is 2.20. The van der Waals surface area contributed by atoms with E-state index in [9.17, 15) is 9.18 Å². The predicted octanol–water partition coefficient (Wildman–Crippen LogP) is 5.17. The first-order valence-electron chi connectivity index (χ1n) is 10.8. The SMILES string of the molecule is C=C[C@H]1CN2CC[C@@H]1C[C@H]2[C@H](OC(=O)c1ccc(F)cc1)c1ccnc2ccccc12. The zero-order chi connectivity index (χ0) is 21.4. The molecule has 5 atom stereocenters. The van der Waals surface area contributed by atoms with Crippen LogP contribution in [0.3, 0.4) is 0 Å². The zero-order valence-corrected chi connectivity index (χ0v) is 17.3. The third-order valence-corrected chi connectivity index (χ3v) is 6.81. The van der Waals surface area contributed by atoms with Gasteiger partial charge in [0.1, 0.15) is 11.9 Å². The Bertz CT molecular complexity index is 1110. The first kappa shape index (κ1) is 19.9. The van der Waals surface area contributed by atoms with Crippen molar-refractivity contribution in [3.05, 3.63) is 90.4 Å². The summed E-state index contributed by atoms with van der Waals surface area (Å²) in [4.78, 5) is 20.0. The molecule has 1 unspecified atom stereocenters. The number of esters is 1. The molecule has 4 heterocycles. The standard InChI is InChI=1S/C26H25FN2O2/c1-2-17-16-29-14-12-19(17)15-24(29)25(31-26(30)18-7-9-20(27)10-8-18)22-11-13-28-23-6-4-3-5-21(22)23/h2-11,13,17,19,24-25H,1,12,14-16H2/t17-,19+,24-,25+/m0/s1. The number of carbonyl (C=O) groups is 1. The number of pyridine rings is 1. The summed E-state index contributed by atoms with van der Waals surface area (Å²) in [6, 6.07) is 15.5. The molecule has 0 N–H and O–H groups in total. The molecule has 0 saturated carbocycles. The second-order valence-corrected chi connectivity index (χ2v) is 8.50. The van der Waals surface area contributed by atoms with Gasteiger partial charge in [-0.3, -0.25) is 9.88 Å². The number of hydrogen-bond donors (Lipinski definition) is 0. The lowest BCUT2D eigenvalue weighted by Crippen LogP contribution is -2.55. The molecule has 0 aliphatic carbocycles. The van der Waals surface area contributed by atoms with E-state index in [1.807, 2.05) is 30.3 Å². The second-order valence-electron chi connectivity index (χ2n) is 8.50. The van der Waals surface area contributed by atoms with Crippen molar-refractivity contribution in [3.8, 4) is 0 Å². The Balaban J connectivity index is 1.53. The molecule has 4 nitrogen and oxygen atoms in total. The molecule has 0 amide bonds. The van der Waals surface area contributed by atoms with Crippen LogP contribution in [0.15, 0.2) is 73.4 Å². The molecule has 0 spiro atoms. The van der Waals surface area contributed by atoms with E-state index < -0.39 is 12.1 Å². The number of hydrogen-bond acceptors (Lipinski definition) is 4. The fraction of sp³-hybridized carbons (Fsp3) is 0.308. The van der Waals surface area contributed by atoms with Crippen molar-refractivity contribution >= 4 is 16.9 Å². The van der Waals surface area contributed by atoms with Gasteiger partial charge >= 0.3 is 5.97 Å². The van der Waals surface area contributed by atoms with Crippen LogP contribution in [-0.2, 0) is 4.74 Å². The van der Waals surface area contributed by atoms with Crippen LogP contribution in [0, 0.1) is 17.7 Å². The molecule has 3 fully saturated rings. The molecule has 3 saturated heterocycles. The van der Waals surface area contributed by atoms with Crippen LogP contribution in [0.4, 0.5) is 4.39 Å². The quantitative estimate of drug-likeness (QED) is 0.425. The van der Waals surface area contributed by atoms with Crippen molar-refractivity contribution in [1.82, 2.24) is 9.88 Å². The molecule has 158 valence electrons. The van der Waals surface area contributed by atoms with Crippen molar-refractivity contribution < 1.29 is 13.9 Å². The normalized spacial score (nSPS) is 25.8. The van der Waals surface area contributed by atoms with Crippen molar-refractivity contribution in [1.29, 1.82) is 0 Å². The number of piperidine rings is 3. The minimum absolute atomic E-state index is 0.0881. The fourth-order valence-corrected chi connectivity index (χ4v) is 5.18. The molecule has 3 aliphatic rings. The largest absolute Gasteiger partial charge is 0.452 e. The second kappa shape index (κ2) is 8.23. The van der Waals surface area contributed by atoms with Gasteiger partial charge in [-0.2, -0.15) is 0 Å². The van der Waals surface area contributed by atoms with E-state index >= 15 is 0 Å². The molecule has 2 bridgehead atoms. The third kappa shape index (κ3) is 3.74. The Kier molecular flexibility index (Phi) is 5.28. The fourth-order valence-electron chi connectivity index (χ4n) is 5.18. The van der Waals surface area contributed by atoms with E-state index in [0.29, 0.717) is 17.4 Å². The van der Waals surface area contributed by atoms with Crippen LogP contribution >= 0.6 is 0 Å². The minimum atomic E-state index is -0.436. The molecular formula is C26H25FN2O2. The highest BCUT2D eigenvalue weighted by molar-refractivity contribution is 5.90. The lowest BCUT2D eigenvalue weighted by atomic mass is 9.73. The van der Waals surface area contributed by atoms with Crippen LogP contribution in [0.1, 0.15) is 34.9 Å². The molecule has 0 radical (unpaired) electrons. The van der Waals surface area contributed by atoms with Crippen molar-refractivity contribution in [2.45, 2.75) is 25.0 Å². The molecule has 3 aliphatic heterocycles. The number of nitrogens with zero attached hydrogens (tertiary/aromatic N) is 2. The van der Waals surface area contributed by atoms with E-state index in [-0.39, 0.29) is 11.9 Å². The highest BCUT2D eigenvalue weighted by atomic mass is 19.1. The topological polar surface area (TPSA) is 42.4 Å². The summed E-state index contributed by atoms with van der Waals surface area (Å²) in [6.45, 7) is 5.95. The van der Waals surface area contributed by atoms with Crippen LogP contribution in [-0.4, -0.2) is 35.0 Å². The number of rotatable bonds is 5. The van der Waals surface area contributed by atoms with Gasteiger partial charge in [-0.1, -0.05) is 24.3 Å². The van der Waals surface area contributed by atoms with Crippen molar-refractivity contribution in [2.75, 3.05) is 13.1 Å². The number of para-hydroxylation sites is 1. The maximum absolute atomic E-state index is 13.3. The molecular weight excluding hydrogens is 391 g/mol. The van der Waals surface area contributed by atoms with Gasteiger partial charge in [-0.05, 0) is 67.6 Å². The predicted molar refractivity (Wildman–Crippen MR) is 118 cm³/mol. The summed E-state index contributed by atoms with van der Waals surface area (Å²) in [7, 11) is 0. The Hall–Kier alpha value is -3.05. The maximum atomic E-state index is 13.3. The number of benzene rings is 2.